The summed E-state index contributed by atoms with van der Waals surface area (Å²) in [6, 6.07) is 10.8. The highest BCUT2D eigenvalue weighted by Crippen LogP contribution is 2.26. The Morgan fingerprint density at radius 1 is 0.889 bits per heavy atom. The maximum atomic E-state index is 12.5. The molecule has 2 rings (SSSR count). The van der Waals surface area contributed by atoms with Crippen LogP contribution in [0.25, 0.3) is 0 Å². The molecule has 0 fully saturated rings. The summed E-state index contributed by atoms with van der Waals surface area (Å²) in [4.78, 5) is 37.4. The molecule has 0 aromatic heterocycles. The van der Waals surface area contributed by atoms with Crippen LogP contribution in [-0.4, -0.2) is 24.3 Å². The third-order valence-corrected chi connectivity index (χ3v) is 4.05. The predicted molar refractivity (Wildman–Crippen MR) is 108 cm³/mol. The molecule has 2 N–H and O–H groups in total. The number of carbonyl (C=O) groups is 3. The molecule has 0 aliphatic heterocycles. The summed E-state index contributed by atoms with van der Waals surface area (Å²) in [5.74, 6) is -0.705. The minimum absolute atomic E-state index is 0.0928. The van der Waals surface area contributed by atoms with Crippen LogP contribution >= 0.6 is 0 Å². The van der Waals surface area contributed by atoms with Crippen molar-refractivity contribution in [3.05, 3.63) is 53.1 Å². The lowest BCUT2D eigenvalue weighted by Gasteiger charge is -2.25. The molecule has 0 radical (unpaired) electrons. The van der Waals surface area contributed by atoms with E-state index in [1.807, 2.05) is 32.9 Å². The van der Waals surface area contributed by atoms with Gasteiger partial charge in [0.1, 0.15) is 6.54 Å². The molecule has 0 atom stereocenters. The molecule has 2 aromatic rings. The number of benzene rings is 2. The largest absolute Gasteiger partial charge is 0.326 e. The number of nitrogens with one attached hydrogen (secondary N) is 2. The van der Waals surface area contributed by atoms with Gasteiger partial charge in [-0.05, 0) is 50.1 Å². The maximum Gasteiger partial charge on any atom is 0.244 e. The van der Waals surface area contributed by atoms with E-state index in [0.717, 1.165) is 22.4 Å². The smallest absolute Gasteiger partial charge is 0.244 e. The summed E-state index contributed by atoms with van der Waals surface area (Å²) in [5.41, 5.74) is 4.90. The van der Waals surface area contributed by atoms with Crippen LogP contribution in [0, 0.1) is 20.8 Å². The van der Waals surface area contributed by atoms with Crippen molar-refractivity contribution in [1.82, 2.24) is 0 Å². The molecule has 0 saturated carbocycles. The highest BCUT2D eigenvalue weighted by Gasteiger charge is 2.20. The Balaban J connectivity index is 2.19. The van der Waals surface area contributed by atoms with Crippen LogP contribution in [0.15, 0.2) is 36.4 Å². The Morgan fingerprint density at radius 2 is 1.44 bits per heavy atom. The zero-order valence-corrected chi connectivity index (χ0v) is 16.3. The van der Waals surface area contributed by atoms with Crippen molar-refractivity contribution in [3.8, 4) is 0 Å². The van der Waals surface area contributed by atoms with Crippen molar-refractivity contribution in [2.45, 2.75) is 34.6 Å². The Labute approximate surface area is 159 Å². The van der Waals surface area contributed by atoms with Gasteiger partial charge in [-0.3, -0.25) is 14.4 Å². The van der Waals surface area contributed by atoms with Gasteiger partial charge in [0, 0.05) is 25.2 Å². The summed E-state index contributed by atoms with van der Waals surface area (Å²) >= 11 is 0. The van der Waals surface area contributed by atoms with Gasteiger partial charge in [-0.25, -0.2) is 0 Å². The first-order valence-electron chi connectivity index (χ1n) is 8.71. The van der Waals surface area contributed by atoms with E-state index in [1.165, 1.54) is 18.7 Å². The molecular weight excluding hydrogens is 342 g/mol. The summed E-state index contributed by atoms with van der Waals surface area (Å²) < 4.78 is 0. The normalized spacial score (nSPS) is 10.3. The van der Waals surface area contributed by atoms with Crippen LogP contribution in [0.3, 0.4) is 0 Å². The SMILES string of the molecule is CC(=O)Nc1cccc(NC(=O)CN(C(C)=O)c2c(C)cc(C)cc2C)c1. The lowest BCUT2D eigenvalue weighted by Crippen LogP contribution is -2.37. The first kappa shape index (κ1) is 20.2. The Hall–Kier alpha value is -3.15. The van der Waals surface area contributed by atoms with Crippen molar-refractivity contribution in [3.63, 3.8) is 0 Å². The predicted octanol–water partition coefficient (Wildman–Crippen LogP) is 3.56. The van der Waals surface area contributed by atoms with Crippen molar-refractivity contribution >= 4 is 34.8 Å². The van der Waals surface area contributed by atoms with Crippen LogP contribution in [-0.2, 0) is 14.4 Å². The quantitative estimate of drug-likeness (QED) is 0.848. The number of carbonyl (C=O) groups excluding carboxylic acids is 3. The Bertz CT molecular complexity index is 867. The fourth-order valence-electron chi connectivity index (χ4n) is 3.17. The monoisotopic (exact) mass is 367 g/mol. The molecule has 6 heteroatoms. The van der Waals surface area contributed by atoms with Gasteiger partial charge < -0.3 is 15.5 Å². The van der Waals surface area contributed by atoms with Gasteiger partial charge in [-0.1, -0.05) is 23.8 Å². The van der Waals surface area contributed by atoms with E-state index in [0.29, 0.717) is 11.4 Å². The first-order valence-corrected chi connectivity index (χ1v) is 8.71. The number of rotatable bonds is 5. The fourth-order valence-corrected chi connectivity index (χ4v) is 3.17. The topological polar surface area (TPSA) is 78.5 Å². The van der Waals surface area contributed by atoms with E-state index < -0.39 is 0 Å². The number of amides is 3. The molecule has 0 aliphatic rings. The van der Waals surface area contributed by atoms with Crippen molar-refractivity contribution in [1.29, 1.82) is 0 Å². The molecule has 0 heterocycles. The van der Waals surface area contributed by atoms with Crippen molar-refractivity contribution in [2.24, 2.45) is 0 Å². The zero-order valence-electron chi connectivity index (χ0n) is 16.3. The minimum atomic E-state index is -0.315. The molecular formula is C21H25N3O3. The van der Waals surface area contributed by atoms with E-state index >= 15 is 0 Å². The van der Waals surface area contributed by atoms with E-state index in [1.54, 1.807) is 24.3 Å². The standard InChI is InChI=1S/C21H25N3O3/c1-13-9-14(2)21(15(3)10-13)24(17(5)26)12-20(27)23-19-8-6-7-18(11-19)22-16(4)25/h6-11H,12H2,1-5H3,(H,22,25)(H,23,27). The number of hydrogen-bond acceptors (Lipinski definition) is 3. The molecule has 27 heavy (non-hydrogen) atoms. The molecule has 0 bridgehead atoms. The van der Waals surface area contributed by atoms with Gasteiger partial charge in [-0.2, -0.15) is 0 Å². The second-order valence-corrected chi connectivity index (χ2v) is 6.66. The molecule has 6 nitrogen and oxygen atoms in total. The Kier molecular flexibility index (Phi) is 6.34. The van der Waals surface area contributed by atoms with Crippen LogP contribution in [0.5, 0.6) is 0 Å². The number of anilines is 3. The lowest BCUT2D eigenvalue weighted by atomic mass is 10.0. The third kappa shape index (κ3) is 5.41. The van der Waals surface area contributed by atoms with Gasteiger partial charge in [0.15, 0.2) is 0 Å². The summed E-state index contributed by atoms with van der Waals surface area (Å²) in [7, 11) is 0. The summed E-state index contributed by atoms with van der Waals surface area (Å²) in [6.45, 7) is 8.63. The summed E-state index contributed by atoms with van der Waals surface area (Å²) in [5, 5.41) is 5.45. The van der Waals surface area contributed by atoms with E-state index in [4.69, 9.17) is 0 Å². The third-order valence-electron chi connectivity index (χ3n) is 4.05. The zero-order chi connectivity index (χ0) is 20.1. The molecule has 0 aliphatic carbocycles. The molecule has 2 aromatic carbocycles. The molecule has 3 amide bonds. The number of nitrogens with zero attached hydrogens (tertiary/aromatic N) is 1. The van der Waals surface area contributed by atoms with Crippen molar-refractivity contribution in [2.75, 3.05) is 22.1 Å². The van der Waals surface area contributed by atoms with Gasteiger partial charge >= 0.3 is 0 Å². The molecule has 0 spiro atoms. The maximum absolute atomic E-state index is 12.5. The van der Waals surface area contributed by atoms with Crippen LogP contribution in [0.2, 0.25) is 0 Å². The highest BCUT2D eigenvalue weighted by atomic mass is 16.2. The fraction of sp³-hybridized carbons (Fsp3) is 0.286. The second-order valence-electron chi connectivity index (χ2n) is 6.66. The van der Waals surface area contributed by atoms with Gasteiger partial charge in [0.25, 0.3) is 0 Å². The van der Waals surface area contributed by atoms with E-state index in [9.17, 15) is 14.4 Å². The minimum Gasteiger partial charge on any atom is -0.326 e. The lowest BCUT2D eigenvalue weighted by molar-refractivity contribution is -0.120. The van der Waals surface area contributed by atoms with Gasteiger partial charge in [0.2, 0.25) is 17.7 Å². The number of aryl methyl sites for hydroxylation is 3. The second kappa shape index (κ2) is 8.49. The van der Waals surface area contributed by atoms with E-state index in [-0.39, 0.29) is 24.3 Å². The van der Waals surface area contributed by atoms with Crippen molar-refractivity contribution < 1.29 is 14.4 Å². The van der Waals surface area contributed by atoms with Crippen LogP contribution < -0.4 is 15.5 Å². The molecule has 142 valence electrons. The first-order chi connectivity index (χ1) is 12.7. The Morgan fingerprint density at radius 3 is 1.96 bits per heavy atom. The number of hydrogen-bond donors (Lipinski definition) is 2. The summed E-state index contributed by atoms with van der Waals surface area (Å²) in [6.07, 6.45) is 0. The van der Waals surface area contributed by atoms with Gasteiger partial charge in [0.05, 0.1) is 5.69 Å². The van der Waals surface area contributed by atoms with Gasteiger partial charge in [-0.15, -0.1) is 0 Å². The van der Waals surface area contributed by atoms with Crippen LogP contribution in [0.4, 0.5) is 17.1 Å². The average molecular weight is 367 g/mol. The van der Waals surface area contributed by atoms with Crippen LogP contribution in [0.1, 0.15) is 30.5 Å². The molecule has 0 saturated heterocycles. The van der Waals surface area contributed by atoms with E-state index in [2.05, 4.69) is 10.6 Å². The molecule has 0 unspecified atom stereocenters. The highest BCUT2D eigenvalue weighted by molar-refractivity contribution is 6.03. The average Bonchev–Trinajstić information content (AvgIpc) is 2.52.